The smallest absolute Gasteiger partial charge is 0.329 e. The van der Waals surface area contributed by atoms with Crippen LogP contribution in [-0.4, -0.2) is 50.9 Å². The van der Waals surface area contributed by atoms with Gasteiger partial charge >= 0.3 is 11.8 Å². The maximum Gasteiger partial charge on any atom is 0.329 e. The fourth-order valence-corrected chi connectivity index (χ4v) is 1.63. The van der Waals surface area contributed by atoms with Gasteiger partial charge in [0.25, 0.3) is 0 Å². The number of benzene rings is 1. The minimum atomic E-state index is -1.39. The van der Waals surface area contributed by atoms with Crippen LogP contribution >= 0.6 is 0 Å². The van der Waals surface area contributed by atoms with E-state index in [1.165, 1.54) is 25.5 Å². The normalized spacial score (nSPS) is 10.4. The topological polar surface area (TPSA) is 129 Å². The van der Waals surface area contributed by atoms with Crippen LogP contribution in [0, 0.1) is 0 Å². The van der Waals surface area contributed by atoms with E-state index >= 15 is 0 Å². The standard InChI is InChI=1S/C15H19N3O6/c1-3-24-12-5-4-10(8-11(12)15(21)22)9-17-18-14(20)13(19)16-6-7-23-2/h4-5,8-9H,3,6-7H2,1-2H3,(H,16,19)(H,18,20)(H,21,22)/p-1/b17-9-. The summed E-state index contributed by atoms with van der Waals surface area (Å²) in [5.74, 6) is -3.02. The molecule has 0 saturated heterocycles. The van der Waals surface area contributed by atoms with Crippen LogP contribution < -0.4 is 20.6 Å². The molecule has 0 atom stereocenters. The molecule has 0 radical (unpaired) electrons. The Morgan fingerprint density at radius 2 is 2.04 bits per heavy atom. The number of nitrogens with one attached hydrogen (secondary N) is 2. The Morgan fingerprint density at radius 1 is 1.29 bits per heavy atom. The van der Waals surface area contributed by atoms with E-state index in [1.54, 1.807) is 13.0 Å². The molecule has 0 unspecified atom stereocenters. The van der Waals surface area contributed by atoms with Crippen LogP contribution in [0.15, 0.2) is 23.3 Å². The number of carboxylic acid groups (broad SMARTS) is 1. The maximum absolute atomic E-state index is 11.4. The zero-order valence-corrected chi connectivity index (χ0v) is 13.3. The second-order valence-corrected chi connectivity index (χ2v) is 4.42. The predicted molar refractivity (Wildman–Crippen MR) is 82.6 cm³/mol. The molecule has 0 heterocycles. The van der Waals surface area contributed by atoms with Gasteiger partial charge in [0.05, 0.1) is 25.4 Å². The Bertz CT molecular complexity index is 630. The van der Waals surface area contributed by atoms with Crippen molar-refractivity contribution in [3.63, 3.8) is 0 Å². The molecular weight excluding hydrogens is 318 g/mol. The summed E-state index contributed by atoms with van der Waals surface area (Å²) in [7, 11) is 1.47. The van der Waals surface area contributed by atoms with Crippen LogP contribution in [0.2, 0.25) is 0 Å². The van der Waals surface area contributed by atoms with Gasteiger partial charge in [0, 0.05) is 19.2 Å². The van der Waals surface area contributed by atoms with Gasteiger partial charge in [-0.3, -0.25) is 9.59 Å². The van der Waals surface area contributed by atoms with Crippen LogP contribution in [-0.2, 0) is 14.3 Å². The third-order valence-electron chi connectivity index (χ3n) is 2.70. The number of hydrogen-bond donors (Lipinski definition) is 2. The number of rotatable bonds is 8. The average Bonchev–Trinajstić information content (AvgIpc) is 2.56. The van der Waals surface area contributed by atoms with Crippen molar-refractivity contribution < 1.29 is 29.0 Å². The van der Waals surface area contributed by atoms with Crippen LogP contribution in [0.1, 0.15) is 22.8 Å². The molecule has 0 aromatic heterocycles. The number of hydrazone groups is 1. The Kier molecular flexibility index (Phi) is 7.92. The summed E-state index contributed by atoms with van der Waals surface area (Å²) < 4.78 is 9.91. The van der Waals surface area contributed by atoms with E-state index in [1.807, 2.05) is 5.43 Å². The van der Waals surface area contributed by atoms with Gasteiger partial charge in [0.1, 0.15) is 5.75 Å². The third kappa shape index (κ3) is 6.05. The maximum atomic E-state index is 11.4. The zero-order chi connectivity index (χ0) is 17.9. The largest absolute Gasteiger partial charge is 0.545 e. The lowest BCUT2D eigenvalue weighted by Crippen LogP contribution is -2.39. The van der Waals surface area contributed by atoms with Gasteiger partial charge in [-0.1, -0.05) is 0 Å². The quantitative estimate of drug-likeness (QED) is 0.262. The van der Waals surface area contributed by atoms with Crippen LogP contribution in [0.5, 0.6) is 5.75 Å². The van der Waals surface area contributed by atoms with Crippen molar-refractivity contribution in [2.75, 3.05) is 26.9 Å². The molecule has 1 aromatic rings. The summed E-state index contributed by atoms with van der Waals surface area (Å²) in [6, 6.07) is 4.29. The lowest BCUT2D eigenvalue weighted by molar-refractivity contribution is -0.255. The zero-order valence-electron chi connectivity index (χ0n) is 13.3. The fraction of sp³-hybridized carbons (Fsp3) is 0.333. The van der Waals surface area contributed by atoms with E-state index in [2.05, 4.69) is 10.4 Å². The van der Waals surface area contributed by atoms with Crippen LogP contribution in [0.3, 0.4) is 0 Å². The minimum Gasteiger partial charge on any atom is -0.545 e. The van der Waals surface area contributed by atoms with Gasteiger partial charge in [0.2, 0.25) is 0 Å². The number of ether oxygens (including phenoxy) is 2. The number of carbonyl (C=O) groups is 3. The number of aromatic carboxylic acids is 1. The van der Waals surface area contributed by atoms with E-state index in [-0.39, 0.29) is 24.5 Å². The highest BCUT2D eigenvalue weighted by atomic mass is 16.5. The van der Waals surface area contributed by atoms with E-state index in [9.17, 15) is 19.5 Å². The first-order chi connectivity index (χ1) is 11.5. The highest BCUT2D eigenvalue weighted by Crippen LogP contribution is 2.18. The predicted octanol–water partition coefficient (Wildman–Crippen LogP) is -1.34. The van der Waals surface area contributed by atoms with Gasteiger partial charge < -0.3 is 24.7 Å². The van der Waals surface area contributed by atoms with Crippen molar-refractivity contribution in [1.82, 2.24) is 10.7 Å². The molecule has 2 N–H and O–H groups in total. The molecule has 24 heavy (non-hydrogen) atoms. The second-order valence-electron chi connectivity index (χ2n) is 4.42. The van der Waals surface area contributed by atoms with Gasteiger partial charge in [-0.2, -0.15) is 5.10 Å². The van der Waals surface area contributed by atoms with E-state index < -0.39 is 17.8 Å². The molecule has 130 valence electrons. The number of hydrogen-bond acceptors (Lipinski definition) is 7. The van der Waals surface area contributed by atoms with Crippen molar-refractivity contribution in [2.45, 2.75) is 6.92 Å². The number of carboxylic acids is 1. The Balaban J connectivity index is 2.67. The first-order valence-electron chi connectivity index (χ1n) is 7.08. The number of carbonyl (C=O) groups excluding carboxylic acids is 3. The van der Waals surface area contributed by atoms with Gasteiger partial charge in [-0.15, -0.1) is 0 Å². The SMILES string of the molecule is CCOc1ccc(/C=N\NC(=O)C(=O)NCCOC)cc1C(=O)[O-]. The molecule has 1 rings (SSSR count). The molecule has 0 aliphatic rings. The number of nitrogens with zero attached hydrogens (tertiary/aromatic N) is 1. The summed E-state index contributed by atoms with van der Waals surface area (Å²) in [5, 5.41) is 17.0. The molecule has 2 amide bonds. The fourth-order valence-electron chi connectivity index (χ4n) is 1.63. The first kappa shape index (κ1) is 19.1. The summed E-state index contributed by atoms with van der Waals surface area (Å²) in [4.78, 5) is 33.9. The summed E-state index contributed by atoms with van der Waals surface area (Å²) in [6.07, 6.45) is 1.20. The van der Waals surface area contributed by atoms with Crippen molar-refractivity contribution in [2.24, 2.45) is 5.10 Å². The lowest BCUT2D eigenvalue weighted by Gasteiger charge is -2.11. The molecule has 0 saturated carbocycles. The molecule has 0 fully saturated rings. The van der Waals surface area contributed by atoms with E-state index in [4.69, 9.17) is 9.47 Å². The molecule has 0 aliphatic carbocycles. The van der Waals surface area contributed by atoms with Crippen LogP contribution in [0.25, 0.3) is 0 Å². The molecule has 0 spiro atoms. The van der Waals surface area contributed by atoms with Gasteiger partial charge in [0.15, 0.2) is 0 Å². The lowest BCUT2D eigenvalue weighted by atomic mass is 10.1. The van der Waals surface area contributed by atoms with Gasteiger partial charge in [-0.05, 0) is 30.7 Å². The highest BCUT2D eigenvalue weighted by Gasteiger charge is 2.11. The van der Waals surface area contributed by atoms with Crippen molar-refractivity contribution in [1.29, 1.82) is 0 Å². The molecule has 9 heteroatoms. The summed E-state index contributed by atoms with van der Waals surface area (Å²) in [5.41, 5.74) is 2.28. The summed E-state index contributed by atoms with van der Waals surface area (Å²) in [6.45, 7) is 2.50. The van der Waals surface area contributed by atoms with Crippen molar-refractivity contribution in [3.8, 4) is 5.75 Å². The Labute approximate surface area is 138 Å². The van der Waals surface area contributed by atoms with E-state index in [0.717, 1.165) is 0 Å². The molecular formula is C15H18N3O6-. The number of methoxy groups -OCH3 is 1. The monoisotopic (exact) mass is 336 g/mol. The molecule has 0 bridgehead atoms. The average molecular weight is 336 g/mol. The summed E-state index contributed by atoms with van der Waals surface area (Å²) >= 11 is 0. The first-order valence-corrected chi connectivity index (χ1v) is 7.08. The second kappa shape index (κ2) is 9.95. The van der Waals surface area contributed by atoms with Gasteiger partial charge in [-0.25, -0.2) is 5.43 Å². The van der Waals surface area contributed by atoms with Crippen molar-refractivity contribution in [3.05, 3.63) is 29.3 Å². The van der Waals surface area contributed by atoms with Crippen LogP contribution in [0.4, 0.5) is 0 Å². The van der Waals surface area contributed by atoms with Crippen molar-refractivity contribution >= 4 is 24.0 Å². The Morgan fingerprint density at radius 3 is 2.67 bits per heavy atom. The molecule has 1 aromatic carbocycles. The highest BCUT2D eigenvalue weighted by molar-refractivity contribution is 6.35. The third-order valence-corrected chi connectivity index (χ3v) is 2.70. The molecule has 9 nitrogen and oxygen atoms in total. The van der Waals surface area contributed by atoms with E-state index in [0.29, 0.717) is 12.2 Å². The minimum absolute atomic E-state index is 0.135. The Hall–Kier alpha value is -2.94. The molecule has 0 aliphatic heterocycles. The number of amides is 2.